The van der Waals surface area contributed by atoms with Gasteiger partial charge in [0.05, 0.1) is 11.1 Å². The fourth-order valence-electron chi connectivity index (χ4n) is 3.76. The summed E-state index contributed by atoms with van der Waals surface area (Å²) in [6.07, 6.45) is -0.308. The van der Waals surface area contributed by atoms with Crippen LogP contribution in [0.25, 0.3) is 22.3 Å². The maximum Gasteiger partial charge on any atom is 0.410 e. The zero-order valence-corrected chi connectivity index (χ0v) is 18.2. The van der Waals surface area contributed by atoms with Gasteiger partial charge in [-0.3, -0.25) is 0 Å². The van der Waals surface area contributed by atoms with E-state index in [9.17, 15) is 9.18 Å². The topological polar surface area (TPSA) is 89.5 Å². The molecule has 0 atom stereocenters. The van der Waals surface area contributed by atoms with Crippen LogP contribution in [0.5, 0.6) is 0 Å². The summed E-state index contributed by atoms with van der Waals surface area (Å²) in [7, 11) is 1.90. The van der Waals surface area contributed by atoms with Crippen molar-refractivity contribution in [3.63, 3.8) is 0 Å². The number of nitrogens with two attached hydrogens (primary N) is 1. The van der Waals surface area contributed by atoms with E-state index in [1.54, 1.807) is 17.0 Å². The summed E-state index contributed by atoms with van der Waals surface area (Å²) < 4.78 is 20.8. The van der Waals surface area contributed by atoms with Crippen molar-refractivity contribution in [3.8, 4) is 11.3 Å². The number of hydrogen-bond acceptors (Lipinski definition) is 6. The summed E-state index contributed by atoms with van der Waals surface area (Å²) >= 11 is 0. The number of aromatic nitrogens is 3. The molecule has 1 amide bonds. The van der Waals surface area contributed by atoms with Crippen molar-refractivity contribution in [2.24, 2.45) is 7.05 Å². The Morgan fingerprint density at radius 3 is 2.35 bits per heavy atom. The molecule has 31 heavy (non-hydrogen) atoms. The molecule has 2 aromatic heterocycles. The van der Waals surface area contributed by atoms with Crippen LogP contribution < -0.4 is 10.6 Å². The number of anilines is 2. The van der Waals surface area contributed by atoms with Crippen molar-refractivity contribution in [1.29, 1.82) is 0 Å². The maximum atomic E-state index is 13.4. The SMILES string of the molecule is Cn1c(-c2ccc(F)cc2)cc2c(N3CCN(C(=O)OC(C)(C)C)CC3)nc(N)nc21. The normalized spacial score (nSPS) is 14.9. The van der Waals surface area contributed by atoms with Gasteiger partial charge in [-0.2, -0.15) is 9.97 Å². The number of hydrogen-bond donors (Lipinski definition) is 1. The number of benzene rings is 1. The van der Waals surface area contributed by atoms with Crippen LogP contribution in [-0.4, -0.2) is 57.3 Å². The van der Waals surface area contributed by atoms with Gasteiger partial charge in [-0.1, -0.05) is 0 Å². The largest absolute Gasteiger partial charge is 0.444 e. The third-order valence-corrected chi connectivity index (χ3v) is 5.25. The Labute approximate surface area is 180 Å². The van der Waals surface area contributed by atoms with E-state index in [4.69, 9.17) is 10.5 Å². The van der Waals surface area contributed by atoms with Gasteiger partial charge in [0.25, 0.3) is 0 Å². The molecule has 0 bridgehead atoms. The van der Waals surface area contributed by atoms with E-state index in [0.29, 0.717) is 31.8 Å². The van der Waals surface area contributed by atoms with E-state index in [1.165, 1.54) is 12.1 Å². The highest BCUT2D eigenvalue weighted by atomic mass is 19.1. The molecule has 3 heterocycles. The first-order valence-electron chi connectivity index (χ1n) is 10.2. The Kier molecular flexibility index (Phi) is 5.20. The summed E-state index contributed by atoms with van der Waals surface area (Å²) in [5, 5.41) is 0.863. The van der Waals surface area contributed by atoms with Crippen LogP contribution >= 0.6 is 0 Å². The number of nitrogens with zero attached hydrogens (tertiary/aromatic N) is 5. The molecule has 1 aliphatic rings. The minimum absolute atomic E-state index is 0.184. The number of nitrogen functional groups attached to an aromatic ring is 1. The average molecular weight is 426 g/mol. The Morgan fingerprint density at radius 1 is 1.10 bits per heavy atom. The number of aryl methyl sites for hydroxylation is 1. The van der Waals surface area contributed by atoms with Crippen molar-refractivity contribution < 1.29 is 13.9 Å². The van der Waals surface area contributed by atoms with E-state index in [2.05, 4.69) is 14.9 Å². The van der Waals surface area contributed by atoms with Gasteiger partial charge in [0.1, 0.15) is 22.9 Å². The van der Waals surface area contributed by atoms with Gasteiger partial charge >= 0.3 is 6.09 Å². The average Bonchev–Trinajstić information content (AvgIpc) is 3.03. The van der Waals surface area contributed by atoms with Crippen molar-refractivity contribution in [2.45, 2.75) is 26.4 Å². The highest BCUT2D eigenvalue weighted by Crippen LogP contribution is 2.32. The fraction of sp³-hybridized carbons (Fsp3) is 0.409. The first kappa shape index (κ1) is 20.9. The van der Waals surface area contributed by atoms with Gasteiger partial charge in [0.2, 0.25) is 5.95 Å². The lowest BCUT2D eigenvalue weighted by atomic mass is 10.1. The van der Waals surface area contributed by atoms with Crippen LogP contribution in [0.2, 0.25) is 0 Å². The Morgan fingerprint density at radius 2 is 1.74 bits per heavy atom. The monoisotopic (exact) mass is 426 g/mol. The Hall–Kier alpha value is -3.36. The highest BCUT2D eigenvalue weighted by Gasteiger charge is 2.28. The maximum absolute atomic E-state index is 13.4. The Bertz CT molecular complexity index is 1110. The van der Waals surface area contributed by atoms with Crippen molar-refractivity contribution >= 4 is 28.9 Å². The second-order valence-corrected chi connectivity index (χ2v) is 8.69. The van der Waals surface area contributed by atoms with E-state index >= 15 is 0 Å². The molecule has 1 aromatic carbocycles. The fourth-order valence-corrected chi connectivity index (χ4v) is 3.76. The first-order valence-corrected chi connectivity index (χ1v) is 10.2. The van der Waals surface area contributed by atoms with Crippen LogP contribution in [0, 0.1) is 5.82 Å². The van der Waals surface area contributed by atoms with E-state index < -0.39 is 5.60 Å². The predicted molar refractivity (Wildman–Crippen MR) is 118 cm³/mol. The molecule has 1 aliphatic heterocycles. The predicted octanol–water partition coefficient (Wildman–Crippen LogP) is 3.41. The first-order chi connectivity index (χ1) is 14.6. The number of carbonyl (C=O) groups excluding carboxylic acids is 1. The number of amides is 1. The van der Waals surface area contributed by atoms with Gasteiger partial charge in [0, 0.05) is 33.2 Å². The van der Waals surface area contributed by atoms with Crippen LogP contribution in [0.4, 0.5) is 21.0 Å². The third kappa shape index (κ3) is 4.26. The zero-order chi connectivity index (χ0) is 22.3. The molecule has 1 saturated heterocycles. The second kappa shape index (κ2) is 7.72. The van der Waals surface area contributed by atoms with E-state index in [-0.39, 0.29) is 17.9 Å². The molecule has 9 heteroatoms. The lowest BCUT2D eigenvalue weighted by Crippen LogP contribution is -2.50. The second-order valence-electron chi connectivity index (χ2n) is 8.69. The van der Waals surface area contributed by atoms with Gasteiger partial charge in [-0.05, 0) is 56.7 Å². The summed E-state index contributed by atoms with van der Waals surface area (Å²) in [6.45, 7) is 7.83. The molecule has 0 radical (unpaired) electrons. The smallest absolute Gasteiger partial charge is 0.410 e. The van der Waals surface area contributed by atoms with E-state index in [0.717, 1.165) is 22.5 Å². The molecule has 4 rings (SSSR count). The highest BCUT2D eigenvalue weighted by molar-refractivity contribution is 5.93. The van der Waals surface area contributed by atoms with Gasteiger partial charge in [-0.25, -0.2) is 9.18 Å². The van der Waals surface area contributed by atoms with Gasteiger partial charge in [0.15, 0.2) is 0 Å². The number of rotatable bonds is 2. The minimum atomic E-state index is -0.526. The minimum Gasteiger partial charge on any atom is -0.444 e. The van der Waals surface area contributed by atoms with Crippen LogP contribution in [0.3, 0.4) is 0 Å². The van der Waals surface area contributed by atoms with Crippen LogP contribution in [0.15, 0.2) is 30.3 Å². The molecule has 0 saturated carbocycles. The molecular weight excluding hydrogens is 399 g/mol. The molecule has 2 N–H and O–H groups in total. The Balaban J connectivity index is 1.62. The number of ether oxygens (including phenoxy) is 1. The molecule has 1 fully saturated rings. The number of halogens is 1. The molecule has 3 aromatic rings. The summed E-state index contributed by atoms with van der Waals surface area (Å²) in [6, 6.07) is 8.34. The molecule has 8 nitrogen and oxygen atoms in total. The summed E-state index contributed by atoms with van der Waals surface area (Å²) in [4.78, 5) is 25.1. The quantitative estimate of drug-likeness (QED) is 0.675. The lowest BCUT2D eigenvalue weighted by molar-refractivity contribution is 0.0240. The summed E-state index contributed by atoms with van der Waals surface area (Å²) in [5.74, 6) is 0.634. The van der Waals surface area contributed by atoms with Crippen LogP contribution in [-0.2, 0) is 11.8 Å². The molecule has 164 valence electrons. The van der Waals surface area contributed by atoms with Crippen molar-refractivity contribution in [1.82, 2.24) is 19.4 Å². The van der Waals surface area contributed by atoms with Gasteiger partial charge < -0.3 is 24.8 Å². The number of fused-ring (bicyclic) bond motifs is 1. The molecule has 0 unspecified atom stereocenters. The molecule has 0 aliphatic carbocycles. The number of carbonyl (C=O) groups is 1. The third-order valence-electron chi connectivity index (χ3n) is 5.25. The van der Waals surface area contributed by atoms with E-state index in [1.807, 2.05) is 38.5 Å². The van der Waals surface area contributed by atoms with Crippen molar-refractivity contribution in [2.75, 3.05) is 36.8 Å². The lowest BCUT2D eigenvalue weighted by Gasteiger charge is -2.36. The van der Waals surface area contributed by atoms with Gasteiger partial charge in [-0.15, -0.1) is 0 Å². The van der Waals surface area contributed by atoms with Crippen molar-refractivity contribution in [3.05, 3.63) is 36.1 Å². The molecule has 0 spiro atoms. The molecular formula is C22H27FN6O2. The summed E-state index contributed by atoms with van der Waals surface area (Å²) in [5.41, 5.74) is 7.96. The standard InChI is InChI=1S/C22H27FN6O2/c1-22(2,3)31-21(30)29-11-9-28(10-12-29)19-16-13-17(14-5-7-15(23)8-6-14)27(4)18(16)25-20(24)26-19/h5-8,13H,9-12H2,1-4H3,(H2,24,25,26). The number of piperazine rings is 1. The van der Waals surface area contributed by atoms with Crippen LogP contribution in [0.1, 0.15) is 20.8 Å². The zero-order valence-electron chi connectivity index (χ0n) is 18.2.